The molecule has 144 valence electrons. The summed E-state index contributed by atoms with van der Waals surface area (Å²) in [6.45, 7) is 1.79. The molecule has 0 aromatic carbocycles. The molecular formula is C19H24N4O3S. The molecule has 1 saturated heterocycles. The zero-order valence-electron chi connectivity index (χ0n) is 15.5. The Morgan fingerprint density at radius 3 is 2.81 bits per heavy atom. The number of hydrogen-bond acceptors (Lipinski definition) is 5. The van der Waals surface area contributed by atoms with Crippen molar-refractivity contribution >= 4 is 23.2 Å². The van der Waals surface area contributed by atoms with Crippen molar-refractivity contribution in [2.75, 3.05) is 6.61 Å². The van der Waals surface area contributed by atoms with E-state index in [-0.39, 0.29) is 36.9 Å². The molecule has 3 atom stereocenters. The molecule has 8 heteroatoms. The Bertz CT molecular complexity index is 843. The second-order valence-electron chi connectivity index (χ2n) is 7.40. The van der Waals surface area contributed by atoms with Crippen LogP contribution in [0.5, 0.6) is 0 Å². The number of rotatable bonds is 6. The Morgan fingerprint density at radius 1 is 1.48 bits per heavy atom. The third kappa shape index (κ3) is 3.27. The topological polar surface area (TPSA) is 87.5 Å². The molecule has 4 rings (SSSR count). The van der Waals surface area contributed by atoms with E-state index in [1.807, 2.05) is 35.7 Å². The molecule has 0 bridgehead atoms. The standard InChI is InChI=1S/C19H24N4O3S/c1-11-15(8-20-22(11)2)18-14(7-17(25)23(18)13-3-4-13)19(26)21-16(9-24)12-5-6-27-10-12/h5-6,8,10,13-14,16,18,24H,3-4,7,9H2,1-2H3,(H,21,26)/t14-,16?,18-/m0/s1. The molecule has 3 heterocycles. The van der Waals surface area contributed by atoms with E-state index in [0.29, 0.717) is 0 Å². The lowest BCUT2D eigenvalue weighted by molar-refractivity contribution is -0.129. The summed E-state index contributed by atoms with van der Waals surface area (Å²) in [5.74, 6) is -0.638. The van der Waals surface area contributed by atoms with E-state index < -0.39 is 12.0 Å². The van der Waals surface area contributed by atoms with Gasteiger partial charge in [-0.05, 0) is 42.2 Å². The molecule has 2 aromatic heterocycles. The maximum atomic E-state index is 13.1. The van der Waals surface area contributed by atoms with Crippen LogP contribution in [0.1, 0.15) is 48.2 Å². The first-order valence-electron chi connectivity index (χ1n) is 9.24. The first-order chi connectivity index (χ1) is 13.0. The number of aliphatic hydroxyl groups excluding tert-OH is 1. The second kappa shape index (κ2) is 7.09. The smallest absolute Gasteiger partial charge is 0.226 e. The Kier molecular flexibility index (Phi) is 4.77. The summed E-state index contributed by atoms with van der Waals surface area (Å²) in [5, 5.41) is 20.8. The second-order valence-corrected chi connectivity index (χ2v) is 8.18. The lowest BCUT2D eigenvalue weighted by Gasteiger charge is -2.28. The van der Waals surface area contributed by atoms with Gasteiger partial charge in [0.2, 0.25) is 11.8 Å². The minimum absolute atomic E-state index is 0.0296. The van der Waals surface area contributed by atoms with E-state index in [4.69, 9.17) is 0 Å². The molecule has 0 radical (unpaired) electrons. The normalized spacial score (nSPS) is 23.7. The highest BCUT2D eigenvalue weighted by molar-refractivity contribution is 7.08. The number of carbonyl (C=O) groups is 2. The molecule has 1 saturated carbocycles. The van der Waals surface area contributed by atoms with Gasteiger partial charge in [0.1, 0.15) is 0 Å². The summed E-state index contributed by atoms with van der Waals surface area (Å²) in [6, 6.07) is 1.38. The van der Waals surface area contributed by atoms with Gasteiger partial charge in [-0.25, -0.2) is 0 Å². The zero-order chi connectivity index (χ0) is 19.1. The van der Waals surface area contributed by atoms with Crippen LogP contribution in [0.25, 0.3) is 0 Å². The van der Waals surface area contributed by atoms with E-state index in [2.05, 4.69) is 10.4 Å². The maximum Gasteiger partial charge on any atom is 0.226 e. The Hall–Kier alpha value is -2.19. The van der Waals surface area contributed by atoms with Gasteiger partial charge >= 0.3 is 0 Å². The van der Waals surface area contributed by atoms with Gasteiger partial charge in [-0.3, -0.25) is 14.3 Å². The molecule has 2 amide bonds. The highest BCUT2D eigenvalue weighted by Crippen LogP contribution is 2.45. The first kappa shape index (κ1) is 18.2. The number of amides is 2. The van der Waals surface area contributed by atoms with Gasteiger partial charge in [0.05, 0.1) is 30.8 Å². The minimum atomic E-state index is -0.478. The zero-order valence-corrected chi connectivity index (χ0v) is 16.3. The number of aliphatic hydroxyl groups is 1. The van der Waals surface area contributed by atoms with Crippen molar-refractivity contribution in [2.24, 2.45) is 13.0 Å². The molecule has 27 heavy (non-hydrogen) atoms. The molecule has 0 spiro atoms. The average molecular weight is 388 g/mol. The number of nitrogens with zero attached hydrogens (tertiary/aromatic N) is 3. The van der Waals surface area contributed by atoms with Gasteiger partial charge in [0, 0.05) is 30.8 Å². The predicted molar refractivity (Wildman–Crippen MR) is 101 cm³/mol. The fourth-order valence-corrected chi connectivity index (χ4v) is 4.65. The highest BCUT2D eigenvalue weighted by Gasteiger charge is 2.50. The summed E-state index contributed by atoms with van der Waals surface area (Å²) in [7, 11) is 1.87. The number of aryl methyl sites for hydroxylation is 1. The van der Waals surface area contributed by atoms with Crippen LogP contribution in [0.2, 0.25) is 0 Å². The van der Waals surface area contributed by atoms with Crippen LogP contribution in [0, 0.1) is 12.8 Å². The first-order valence-corrected chi connectivity index (χ1v) is 10.2. The predicted octanol–water partition coefficient (Wildman–Crippen LogP) is 1.69. The number of thiophene rings is 1. The van der Waals surface area contributed by atoms with Crippen LogP contribution in [0.3, 0.4) is 0 Å². The molecule has 7 nitrogen and oxygen atoms in total. The molecule has 1 unspecified atom stereocenters. The third-order valence-corrected chi connectivity index (χ3v) is 6.38. The molecule has 2 N–H and O–H groups in total. The number of carbonyl (C=O) groups excluding carboxylic acids is 2. The van der Waals surface area contributed by atoms with Crippen molar-refractivity contribution in [3.63, 3.8) is 0 Å². The van der Waals surface area contributed by atoms with Crippen molar-refractivity contribution < 1.29 is 14.7 Å². The summed E-state index contributed by atoms with van der Waals surface area (Å²) in [4.78, 5) is 27.7. The monoisotopic (exact) mass is 388 g/mol. The van der Waals surface area contributed by atoms with Crippen LogP contribution in [0.15, 0.2) is 23.0 Å². The summed E-state index contributed by atoms with van der Waals surface area (Å²) < 4.78 is 1.78. The van der Waals surface area contributed by atoms with Crippen LogP contribution < -0.4 is 5.32 Å². The molecule has 2 aromatic rings. The Balaban J connectivity index is 1.62. The van der Waals surface area contributed by atoms with Crippen molar-refractivity contribution in [1.29, 1.82) is 0 Å². The summed E-state index contributed by atoms with van der Waals surface area (Å²) in [6.07, 6.45) is 3.95. The number of aromatic nitrogens is 2. The van der Waals surface area contributed by atoms with Crippen molar-refractivity contribution in [2.45, 2.75) is 44.3 Å². The van der Waals surface area contributed by atoms with Crippen molar-refractivity contribution in [3.8, 4) is 0 Å². The highest BCUT2D eigenvalue weighted by atomic mass is 32.1. The van der Waals surface area contributed by atoms with Gasteiger partial charge < -0.3 is 15.3 Å². The fourth-order valence-electron chi connectivity index (χ4n) is 3.93. The number of hydrogen-bond donors (Lipinski definition) is 2. The van der Waals surface area contributed by atoms with E-state index in [1.165, 1.54) is 11.3 Å². The minimum Gasteiger partial charge on any atom is -0.394 e. The van der Waals surface area contributed by atoms with E-state index >= 15 is 0 Å². The lowest BCUT2D eigenvalue weighted by Crippen LogP contribution is -2.39. The molecule has 1 aliphatic carbocycles. The number of likely N-dealkylation sites (tertiary alicyclic amines) is 1. The van der Waals surface area contributed by atoms with E-state index in [0.717, 1.165) is 29.7 Å². The van der Waals surface area contributed by atoms with Crippen LogP contribution >= 0.6 is 11.3 Å². The SMILES string of the molecule is Cc1c([C@@H]2[C@@H](C(=O)NC(CO)c3ccsc3)CC(=O)N2C2CC2)cnn1C. The van der Waals surface area contributed by atoms with Gasteiger partial charge in [-0.2, -0.15) is 16.4 Å². The van der Waals surface area contributed by atoms with Crippen LogP contribution in [-0.2, 0) is 16.6 Å². The van der Waals surface area contributed by atoms with Gasteiger partial charge in [0.15, 0.2) is 0 Å². The maximum absolute atomic E-state index is 13.1. The number of nitrogens with one attached hydrogen (secondary N) is 1. The quantitative estimate of drug-likeness (QED) is 0.788. The fraction of sp³-hybridized carbons (Fsp3) is 0.526. The Labute approximate surface area is 162 Å². The molecular weight excluding hydrogens is 364 g/mol. The van der Waals surface area contributed by atoms with E-state index in [1.54, 1.807) is 10.9 Å². The van der Waals surface area contributed by atoms with Crippen molar-refractivity contribution in [3.05, 3.63) is 39.8 Å². The van der Waals surface area contributed by atoms with Crippen LogP contribution in [0.4, 0.5) is 0 Å². The average Bonchev–Trinajstić information content (AvgIpc) is 3.07. The molecule has 2 fully saturated rings. The van der Waals surface area contributed by atoms with E-state index in [9.17, 15) is 14.7 Å². The summed E-state index contributed by atoms with van der Waals surface area (Å²) in [5.41, 5.74) is 2.79. The van der Waals surface area contributed by atoms with Gasteiger partial charge in [-0.1, -0.05) is 0 Å². The van der Waals surface area contributed by atoms with Gasteiger partial charge in [-0.15, -0.1) is 0 Å². The van der Waals surface area contributed by atoms with Gasteiger partial charge in [0.25, 0.3) is 0 Å². The Morgan fingerprint density at radius 2 is 2.26 bits per heavy atom. The largest absolute Gasteiger partial charge is 0.394 e. The molecule has 1 aliphatic heterocycles. The van der Waals surface area contributed by atoms with Crippen LogP contribution in [-0.4, -0.2) is 44.3 Å². The third-order valence-electron chi connectivity index (χ3n) is 5.68. The summed E-state index contributed by atoms with van der Waals surface area (Å²) >= 11 is 1.52. The molecule has 2 aliphatic rings. The van der Waals surface area contributed by atoms with Crippen molar-refractivity contribution in [1.82, 2.24) is 20.0 Å². The lowest BCUT2D eigenvalue weighted by atomic mass is 9.92.